The summed E-state index contributed by atoms with van der Waals surface area (Å²) in [7, 11) is 2.27. The van der Waals surface area contributed by atoms with Crippen LogP contribution in [-0.2, 0) is 0 Å². The number of fused-ring (bicyclic) bond motifs is 1. The van der Waals surface area contributed by atoms with Crippen LogP contribution >= 0.6 is 0 Å². The van der Waals surface area contributed by atoms with E-state index >= 15 is 0 Å². The zero-order valence-corrected chi connectivity index (χ0v) is 13.2. The summed E-state index contributed by atoms with van der Waals surface area (Å²) in [6.45, 7) is 11.0. The quantitative estimate of drug-likeness (QED) is 0.684. The molecule has 0 radical (unpaired) electrons. The molecule has 1 unspecified atom stereocenters. The minimum atomic E-state index is 0.878. The highest BCUT2D eigenvalue weighted by Crippen LogP contribution is 2.19. The number of rotatable bonds is 6. The Labute approximate surface area is 119 Å². The first kappa shape index (κ1) is 14.7. The molecule has 110 valence electrons. The molecule has 0 bridgehead atoms. The summed E-state index contributed by atoms with van der Waals surface area (Å²) in [5, 5.41) is 0. The van der Waals surface area contributed by atoms with E-state index in [4.69, 9.17) is 0 Å². The second-order valence-electron chi connectivity index (χ2n) is 6.28. The van der Waals surface area contributed by atoms with Crippen molar-refractivity contribution in [2.45, 2.75) is 52.4 Å². The first-order valence-corrected chi connectivity index (χ1v) is 8.34. The molecule has 3 heteroatoms. The van der Waals surface area contributed by atoms with Crippen LogP contribution in [0.25, 0.3) is 0 Å². The van der Waals surface area contributed by atoms with Gasteiger partial charge >= 0.3 is 5.96 Å². The van der Waals surface area contributed by atoms with Crippen LogP contribution in [0.3, 0.4) is 0 Å². The molecule has 0 aromatic heterocycles. The topological polar surface area (TPSA) is 9.49 Å². The second-order valence-corrected chi connectivity index (χ2v) is 6.28. The SMILES string of the molecule is CCCCC(CC)CN1CCCN2CCC[N+](C)=C21. The Hall–Kier alpha value is -0.730. The lowest BCUT2D eigenvalue weighted by atomic mass is 9.98. The van der Waals surface area contributed by atoms with Gasteiger partial charge in [-0.25, -0.2) is 0 Å². The average Bonchev–Trinajstić information content (AvgIpc) is 2.43. The van der Waals surface area contributed by atoms with E-state index < -0.39 is 0 Å². The molecule has 0 saturated carbocycles. The molecular weight excluding hydrogens is 234 g/mol. The Morgan fingerprint density at radius 2 is 1.95 bits per heavy atom. The van der Waals surface area contributed by atoms with Gasteiger partial charge in [-0.15, -0.1) is 0 Å². The Kier molecular flexibility index (Phi) is 5.53. The van der Waals surface area contributed by atoms with Crippen LogP contribution in [0.4, 0.5) is 0 Å². The van der Waals surface area contributed by atoms with E-state index in [0.29, 0.717) is 0 Å². The molecule has 2 aliphatic heterocycles. The van der Waals surface area contributed by atoms with Gasteiger partial charge in [0, 0.05) is 12.8 Å². The lowest BCUT2D eigenvalue weighted by Crippen LogP contribution is -2.57. The average molecular weight is 266 g/mol. The fourth-order valence-corrected chi connectivity index (χ4v) is 3.55. The first-order valence-electron chi connectivity index (χ1n) is 8.34. The Bertz CT molecular complexity index is 311. The summed E-state index contributed by atoms with van der Waals surface area (Å²) in [6, 6.07) is 0. The molecule has 3 nitrogen and oxygen atoms in total. The lowest BCUT2D eigenvalue weighted by Gasteiger charge is -2.37. The van der Waals surface area contributed by atoms with Crippen molar-refractivity contribution in [2.75, 3.05) is 39.8 Å². The van der Waals surface area contributed by atoms with Crippen molar-refractivity contribution in [3.63, 3.8) is 0 Å². The molecule has 2 heterocycles. The molecule has 2 rings (SSSR count). The van der Waals surface area contributed by atoms with Crippen LogP contribution in [0.1, 0.15) is 52.4 Å². The van der Waals surface area contributed by atoms with Gasteiger partial charge in [-0.05, 0) is 12.3 Å². The third kappa shape index (κ3) is 3.64. The lowest BCUT2D eigenvalue weighted by molar-refractivity contribution is -0.515. The van der Waals surface area contributed by atoms with Crippen LogP contribution in [-0.4, -0.2) is 60.1 Å². The molecule has 0 amide bonds. The Balaban J connectivity index is 2.01. The number of guanidine groups is 1. The molecule has 19 heavy (non-hydrogen) atoms. The number of hydrogen-bond donors (Lipinski definition) is 0. The summed E-state index contributed by atoms with van der Waals surface area (Å²) in [4.78, 5) is 5.28. The fourth-order valence-electron chi connectivity index (χ4n) is 3.55. The van der Waals surface area contributed by atoms with Gasteiger partial charge in [0.25, 0.3) is 0 Å². The minimum absolute atomic E-state index is 0.878. The molecule has 0 aromatic rings. The van der Waals surface area contributed by atoms with E-state index in [0.717, 1.165) is 5.92 Å². The maximum atomic E-state index is 2.67. The molecule has 1 fully saturated rings. The van der Waals surface area contributed by atoms with Gasteiger partial charge in [0.2, 0.25) is 0 Å². The third-order valence-electron chi connectivity index (χ3n) is 4.71. The summed E-state index contributed by atoms with van der Waals surface area (Å²) in [5.41, 5.74) is 0. The monoisotopic (exact) mass is 266 g/mol. The van der Waals surface area contributed by atoms with E-state index in [2.05, 4.69) is 35.3 Å². The number of hydrogen-bond acceptors (Lipinski definition) is 2. The van der Waals surface area contributed by atoms with Gasteiger partial charge in [0.1, 0.15) is 0 Å². The van der Waals surface area contributed by atoms with Crippen molar-refractivity contribution in [1.29, 1.82) is 0 Å². The standard InChI is InChI=1S/C16H32N3/c1-4-6-9-15(5-2)14-19-13-8-12-18-11-7-10-17(3)16(18)19/h15H,4-14H2,1-3H3/q+1. The maximum Gasteiger partial charge on any atom is 0.350 e. The largest absolute Gasteiger partial charge is 0.350 e. The van der Waals surface area contributed by atoms with E-state index in [1.165, 1.54) is 77.2 Å². The van der Waals surface area contributed by atoms with Crippen LogP contribution in [0.2, 0.25) is 0 Å². The smallest absolute Gasteiger partial charge is 0.267 e. The van der Waals surface area contributed by atoms with Crippen molar-refractivity contribution >= 4 is 5.96 Å². The normalized spacial score (nSPS) is 21.6. The molecule has 0 aliphatic carbocycles. The van der Waals surface area contributed by atoms with Gasteiger partial charge in [-0.2, -0.15) is 0 Å². The predicted molar refractivity (Wildman–Crippen MR) is 81.7 cm³/mol. The Morgan fingerprint density at radius 3 is 2.68 bits per heavy atom. The maximum absolute atomic E-state index is 2.67. The Morgan fingerprint density at radius 1 is 1.16 bits per heavy atom. The zero-order valence-electron chi connectivity index (χ0n) is 13.2. The van der Waals surface area contributed by atoms with Crippen molar-refractivity contribution in [2.24, 2.45) is 5.92 Å². The highest BCUT2D eigenvalue weighted by atomic mass is 15.4. The van der Waals surface area contributed by atoms with Crippen LogP contribution in [0.5, 0.6) is 0 Å². The molecule has 1 atom stereocenters. The van der Waals surface area contributed by atoms with E-state index in [1.807, 2.05) is 0 Å². The minimum Gasteiger partial charge on any atom is -0.267 e. The highest BCUT2D eigenvalue weighted by Gasteiger charge is 2.35. The van der Waals surface area contributed by atoms with Crippen LogP contribution < -0.4 is 0 Å². The van der Waals surface area contributed by atoms with Gasteiger partial charge in [0.15, 0.2) is 0 Å². The summed E-state index contributed by atoms with van der Waals surface area (Å²) >= 11 is 0. The summed E-state index contributed by atoms with van der Waals surface area (Å²) in [6.07, 6.45) is 8.11. The van der Waals surface area contributed by atoms with Gasteiger partial charge < -0.3 is 0 Å². The molecule has 0 N–H and O–H groups in total. The van der Waals surface area contributed by atoms with E-state index in [9.17, 15) is 0 Å². The van der Waals surface area contributed by atoms with Gasteiger partial charge in [-0.3, -0.25) is 14.4 Å². The molecule has 1 saturated heterocycles. The van der Waals surface area contributed by atoms with Crippen molar-refractivity contribution in [3.05, 3.63) is 0 Å². The van der Waals surface area contributed by atoms with Crippen molar-refractivity contribution < 1.29 is 4.58 Å². The third-order valence-corrected chi connectivity index (χ3v) is 4.71. The molecular formula is C16H32N3+. The van der Waals surface area contributed by atoms with E-state index in [1.54, 1.807) is 0 Å². The second kappa shape index (κ2) is 7.16. The highest BCUT2D eigenvalue weighted by molar-refractivity contribution is 5.76. The molecule has 0 aromatic carbocycles. The van der Waals surface area contributed by atoms with Gasteiger partial charge in [-0.1, -0.05) is 33.1 Å². The molecule has 2 aliphatic rings. The summed E-state index contributed by atoms with van der Waals surface area (Å²) in [5.74, 6) is 2.40. The predicted octanol–water partition coefficient (Wildman–Crippen LogP) is 2.61. The van der Waals surface area contributed by atoms with Crippen molar-refractivity contribution in [1.82, 2.24) is 9.80 Å². The fraction of sp³-hybridized carbons (Fsp3) is 0.938. The van der Waals surface area contributed by atoms with E-state index in [-0.39, 0.29) is 0 Å². The van der Waals surface area contributed by atoms with Gasteiger partial charge in [0.05, 0.1) is 39.8 Å². The summed E-state index contributed by atoms with van der Waals surface area (Å²) < 4.78 is 2.48. The zero-order chi connectivity index (χ0) is 13.7. The molecule has 0 spiro atoms. The first-order chi connectivity index (χ1) is 9.26. The van der Waals surface area contributed by atoms with Crippen LogP contribution in [0, 0.1) is 5.92 Å². The van der Waals surface area contributed by atoms with Crippen LogP contribution in [0.15, 0.2) is 0 Å². The number of unbranched alkanes of at least 4 members (excludes halogenated alkanes) is 1. The van der Waals surface area contributed by atoms with Crippen molar-refractivity contribution in [3.8, 4) is 0 Å². The number of nitrogens with zero attached hydrogens (tertiary/aromatic N) is 3.